The first kappa shape index (κ1) is 50.3. The number of hydrogen-bond donors (Lipinski definition) is 4. The van der Waals surface area contributed by atoms with Crippen molar-refractivity contribution in [3.63, 3.8) is 0 Å². The van der Waals surface area contributed by atoms with E-state index in [4.69, 9.17) is 5.73 Å². The van der Waals surface area contributed by atoms with Crippen LogP contribution in [0.5, 0.6) is 0 Å². The van der Waals surface area contributed by atoms with Crippen LogP contribution in [0.1, 0.15) is 151 Å². The maximum absolute atomic E-state index is 13.2. The summed E-state index contributed by atoms with van der Waals surface area (Å²) in [6.07, 6.45) is 21.5. The standard InChI is InChI=1S/C27H39NO2.C21H33BrO2.C6H7N.CH4.B/c1-26(30)14-12-20-18(16-26)8-9-22-21(20)13-15-27(2)23(22)10-11-24(27)25(29)17-28-19-6-4-3-5-7-19;1-20(24)9-7-14-13(11-20)3-4-16-15(14)8-10-21(2)17(16)5-6-18(21)19(23)12-22;7-6-4-2-1-3-5-6;;/h3-7,18,20-24,28,30H,8-17H2,1-2H3;13-18,24H,3-12H2,1-2H3;1-5H,7H2;1H4;/t18-,20+,21-,22-,23+,24-,26-,27+;13-,14+,15-,16-,17+,18-,20-,21+;;;/m11.../s1. The molecule has 16 atom stereocenters. The lowest BCUT2D eigenvalue weighted by molar-refractivity contribution is -0.131. The van der Waals surface area contributed by atoms with Gasteiger partial charge in [-0.05, 0) is 224 Å². The lowest BCUT2D eigenvalue weighted by atomic mass is 9.49. The molecule has 0 unspecified atom stereocenters. The van der Waals surface area contributed by atoms with Crippen LogP contribution in [-0.4, -0.2) is 53.3 Å². The van der Waals surface area contributed by atoms with Crippen molar-refractivity contribution in [3.05, 3.63) is 60.7 Å². The molecule has 8 saturated carbocycles. The lowest BCUT2D eigenvalue weighted by Gasteiger charge is -2.56. The second-order valence-electron chi connectivity index (χ2n) is 22.9. The molecule has 8 aliphatic rings. The summed E-state index contributed by atoms with van der Waals surface area (Å²) in [7, 11) is 0. The molecular formula is C55H83BBrN2O4. The first-order valence-electron chi connectivity index (χ1n) is 24.8. The van der Waals surface area contributed by atoms with Crippen molar-refractivity contribution in [2.75, 3.05) is 22.9 Å². The number of benzene rings is 2. The molecule has 8 fully saturated rings. The molecule has 2 aromatic rings. The minimum absolute atomic E-state index is 0. The number of Topliss-reactive ketones (excluding diaryl/α,β-unsaturated/α-hetero) is 2. The number of halogens is 1. The smallest absolute Gasteiger partial charge is 0.155 e. The Morgan fingerprint density at radius 1 is 0.587 bits per heavy atom. The number of para-hydroxylation sites is 2. The monoisotopic (exact) mass is 926 g/mol. The van der Waals surface area contributed by atoms with Gasteiger partial charge < -0.3 is 21.3 Å². The Morgan fingerprint density at radius 2 is 1.02 bits per heavy atom. The van der Waals surface area contributed by atoms with Gasteiger partial charge in [0.15, 0.2) is 5.78 Å². The highest BCUT2D eigenvalue weighted by molar-refractivity contribution is 9.09. The largest absolute Gasteiger partial charge is 0.399 e. The molecule has 10 rings (SSSR count). The van der Waals surface area contributed by atoms with Crippen molar-refractivity contribution in [1.29, 1.82) is 0 Å². The fourth-order valence-corrected chi connectivity index (χ4v) is 17.0. The van der Waals surface area contributed by atoms with Crippen molar-refractivity contribution >= 4 is 47.3 Å². The Kier molecular flexibility index (Phi) is 16.3. The van der Waals surface area contributed by atoms with Crippen LogP contribution < -0.4 is 11.1 Å². The predicted molar refractivity (Wildman–Crippen MR) is 265 cm³/mol. The molecule has 347 valence electrons. The SMILES string of the molecule is C.C[C@@]1(O)CC[C@H]2[C@H](CC[C@@H]3[C@@H]2CC[C@]2(C)[C@@H](C(=O)CBr)CC[C@@H]32)C1.C[C@@]1(O)CC[C@H]2[C@H](CC[C@@H]3[C@@H]2CC[C@]2(C)[C@@H](C(=O)CNc4ccccc4)CC[C@@H]32)C1.Nc1ccccc1.[B]. The number of aliphatic hydroxyl groups is 2. The normalized spacial score (nSPS) is 43.0. The molecule has 6 nitrogen and oxygen atoms in total. The fourth-order valence-electron chi connectivity index (χ4n) is 16.6. The van der Waals surface area contributed by atoms with E-state index in [1.807, 2.05) is 74.5 Å². The van der Waals surface area contributed by atoms with Gasteiger partial charge >= 0.3 is 0 Å². The number of anilines is 2. The number of rotatable bonds is 6. The van der Waals surface area contributed by atoms with Gasteiger partial charge in [-0.1, -0.05) is 73.6 Å². The van der Waals surface area contributed by atoms with Gasteiger partial charge in [0.1, 0.15) is 5.78 Å². The molecule has 5 N–H and O–H groups in total. The topological polar surface area (TPSA) is 113 Å². The van der Waals surface area contributed by atoms with Crippen molar-refractivity contribution in [3.8, 4) is 0 Å². The van der Waals surface area contributed by atoms with Gasteiger partial charge in [0.2, 0.25) is 0 Å². The van der Waals surface area contributed by atoms with Crippen LogP contribution in [0.2, 0.25) is 0 Å². The fraction of sp³-hybridized carbons (Fsp3) is 0.745. The number of carbonyl (C=O) groups is 2. The Labute approximate surface area is 392 Å². The summed E-state index contributed by atoms with van der Waals surface area (Å²) in [6, 6.07) is 19.6. The van der Waals surface area contributed by atoms with Gasteiger partial charge in [0, 0.05) is 31.6 Å². The summed E-state index contributed by atoms with van der Waals surface area (Å²) >= 11 is 3.42. The van der Waals surface area contributed by atoms with E-state index in [2.05, 4.69) is 35.1 Å². The maximum Gasteiger partial charge on any atom is 0.155 e. The minimum Gasteiger partial charge on any atom is -0.399 e. The number of alkyl halides is 1. The van der Waals surface area contributed by atoms with Crippen molar-refractivity contribution < 1.29 is 19.8 Å². The number of fused-ring (bicyclic) bond motifs is 10. The Bertz CT molecular complexity index is 1810. The molecule has 3 radical (unpaired) electrons. The molecule has 0 bridgehead atoms. The molecule has 0 aromatic heterocycles. The Morgan fingerprint density at radius 3 is 1.44 bits per heavy atom. The van der Waals surface area contributed by atoms with Crippen molar-refractivity contribution in [1.82, 2.24) is 0 Å². The van der Waals surface area contributed by atoms with Crippen molar-refractivity contribution in [2.45, 2.75) is 162 Å². The number of nitrogens with two attached hydrogens (primary N) is 1. The van der Waals surface area contributed by atoms with E-state index in [0.717, 1.165) is 109 Å². The number of carbonyl (C=O) groups excluding carboxylic acids is 2. The molecule has 0 spiro atoms. The van der Waals surface area contributed by atoms with Crippen LogP contribution in [0.3, 0.4) is 0 Å². The summed E-state index contributed by atoms with van der Waals surface area (Å²) in [5.41, 5.74) is 6.83. The number of nitrogens with one attached hydrogen (secondary N) is 1. The molecule has 8 aliphatic carbocycles. The third-order valence-electron chi connectivity index (χ3n) is 19.4. The first-order chi connectivity index (χ1) is 29.1. The Hall–Kier alpha value is -2.16. The molecular weight excluding hydrogens is 843 g/mol. The van der Waals surface area contributed by atoms with Gasteiger partial charge in [0.25, 0.3) is 0 Å². The highest BCUT2D eigenvalue weighted by atomic mass is 79.9. The van der Waals surface area contributed by atoms with Crippen LogP contribution in [0.15, 0.2) is 60.7 Å². The van der Waals surface area contributed by atoms with Gasteiger partial charge in [-0.25, -0.2) is 0 Å². The average Bonchev–Trinajstić information content (AvgIpc) is 3.79. The summed E-state index contributed by atoms with van der Waals surface area (Å²) < 4.78 is 0. The zero-order chi connectivity index (χ0) is 43.2. The van der Waals surface area contributed by atoms with E-state index in [-0.39, 0.29) is 32.6 Å². The predicted octanol–water partition coefficient (Wildman–Crippen LogP) is 12.2. The van der Waals surface area contributed by atoms with Crippen LogP contribution in [-0.2, 0) is 9.59 Å². The average molecular weight is 927 g/mol. The van der Waals surface area contributed by atoms with Crippen LogP contribution in [0.25, 0.3) is 0 Å². The van der Waals surface area contributed by atoms with E-state index in [0.29, 0.717) is 29.4 Å². The lowest BCUT2D eigenvalue weighted by Crippen LogP contribution is -2.51. The zero-order valence-corrected chi connectivity index (χ0v) is 40.2. The van der Waals surface area contributed by atoms with E-state index in [1.54, 1.807) is 0 Å². The van der Waals surface area contributed by atoms with Gasteiger partial charge in [-0.15, -0.1) is 0 Å². The summed E-state index contributed by atoms with van der Waals surface area (Å²) in [6.45, 7) is 9.43. The molecule has 63 heavy (non-hydrogen) atoms. The van der Waals surface area contributed by atoms with Gasteiger partial charge in [-0.2, -0.15) is 0 Å². The van der Waals surface area contributed by atoms with Gasteiger partial charge in [0.05, 0.1) is 23.1 Å². The molecule has 0 heterocycles. The molecule has 2 aromatic carbocycles. The van der Waals surface area contributed by atoms with E-state index in [1.165, 1.54) is 77.0 Å². The molecule has 0 amide bonds. The van der Waals surface area contributed by atoms with Gasteiger partial charge in [-0.3, -0.25) is 9.59 Å². The highest BCUT2D eigenvalue weighted by Gasteiger charge is 2.60. The summed E-state index contributed by atoms with van der Waals surface area (Å²) in [4.78, 5) is 25.7. The molecule has 0 aliphatic heterocycles. The van der Waals surface area contributed by atoms with E-state index >= 15 is 0 Å². The maximum atomic E-state index is 13.2. The second-order valence-corrected chi connectivity index (χ2v) is 23.5. The van der Waals surface area contributed by atoms with E-state index < -0.39 is 11.2 Å². The zero-order valence-electron chi connectivity index (χ0n) is 38.6. The van der Waals surface area contributed by atoms with Crippen LogP contribution >= 0.6 is 15.9 Å². The van der Waals surface area contributed by atoms with E-state index in [9.17, 15) is 19.8 Å². The minimum atomic E-state index is -0.437. The van der Waals surface area contributed by atoms with Crippen LogP contribution in [0.4, 0.5) is 11.4 Å². The number of nitrogen functional groups attached to an aromatic ring is 1. The quantitative estimate of drug-likeness (QED) is 0.130. The third kappa shape index (κ3) is 10.4. The van der Waals surface area contributed by atoms with Crippen molar-refractivity contribution in [2.24, 2.45) is 81.8 Å². The second kappa shape index (κ2) is 20.4. The molecule has 8 heteroatoms. The molecule has 0 saturated heterocycles. The Balaban J connectivity index is 0.000000179. The van der Waals surface area contributed by atoms with Crippen LogP contribution in [0, 0.1) is 81.8 Å². The number of ketones is 2. The third-order valence-corrected chi connectivity index (χ3v) is 20.0. The number of hydrogen-bond acceptors (Lipinski definition) is 6. The summed E-state index contributed by atoms with van der Waals surface area (Å²) in [5.74, 6) is 9.41. The first-order valence-corrected chi connectivity index (χ1v) is 25.9. The highest BCUT2D eigenvalue weighted by Crippen LogP contribution is 2.66. The summed E-state index contributed by atoms with van der Waals surface area (Å²) in [5, 5.41) is 25.0.